The lowest BCUT2D eigenvalue weighted by molar-refractivity contribution is -0.145. The van der Waals surface area contributed by atoms with Gasteiger partial charge in [0.15, 0.2) is 6.61 Å². The number of rotatable bonds is 4. The Morgan fingerprint density at radius 3 is 2.50 bits per heavy atom. The summed E-state index contributed by atoms with van der Waals surface area (Å²) in [5.41, 5.74) is 2.34. The van der Waals surface area contributed by atoms with Crippen LogP contribution in [0.4, 0.5) is 0 Å². The molecule has 0 radical (unpaired) electrons. The molecular formula is C21H30N2O3. The summed E-state index contributed by atoms with van der Waals surface area (Å²) in [6.45, 7) is 8.58. The SMILES string of the molecule is Cc1ccc(OCC(=O)N2CCC[C@H]2C(=O)N2CCC(C)CC2)cc1C. The maximum atomic E-state index is 12.9. The van der Waals surface area contributed by atoms with Gasteiger partial charge in [0.25, 0.3) is 5.91 Å². The number of amides is 2. The summed E-state index contributed by atoms with van der Waals surface area (Å²) >= 11 is 0. The van der Waals surface area contributed by atoms with Crippen molar-refractivity contribution in [3.05, 3.63) is 29.3 Å². The number of hydrogen-bond donors (Lipinski definition) is 0. The monoisotopic (exact) mass is 358 g/mol. The van der Waals surface area contributed by atoms with Gasteiger partial charge in [0.2, 0.25) is 5.91 Å². The molecule has 0 aromatic heterocycles. The van der Waals surface area contributed by atoms with E-state index in [0.29, 0.717) is 18.2 Å². The van der Waals surface area contributed by atoms with Crippen molar-refractivity contribution in [3.8, 4) is 5.75 Å². The van der Waals surface area contributed by atoms with Crippen molar-refractivity contribution in [3.63, 3.8) is 0 Å². The van der Waals surface area contributed by atoms with E-state index >= 15 is 0 Å². The molecule has 1 aromatic carbocycles. The third kappa shape index (κ3) is 4.19. The lowest BCUT2D eigenvalue weighted by atomic mass is 9.98. The second-order valence-electron chi connectivity index (χ2n) is 7.79. The molecule has 5 nitrogen and oxygen atoms in total. The number of carbonyl (C=O) groups is 2. The van der Waals surface area contributed by atoms with Gasteiger partial charge in [-0.2, -0.15) is 0 Å². The molecule has 2 amide bonds. The number of benzene rings is 1. The van der Waals surface area contributed by atoms with Gasteiger partial charge in [0.1, 0.15) is 11.8 Å². The second kappa shape index (κ2) is 8.11. The average molecular weight is 358 g/mol. The van der Waals surface area contributed by atoms with E-state index in [2.05, 4.69) is 6.92 Å². The molecule has 0 unspecified atom stereocenters. The van der Waals surface area contributed by atoms with Crippen molar-refractivity contribution in [2.45, 2.75) is 52.5 Å². The Morgan fingerprint density at radius 1 is 1.08 bits per heavy atom. The van der Waals surface area contributed by atoms with Crippen LogP contribution in [0.25, 0.3) is 0 Å². The Balaban J connectivity index is 1.57. The van der Waals surface area contributed by atoms with Crippen LogP contribution in [-0.2, 0) is 9.59 Å². The Labute approximate surface area is 156 Å². The van der Waals surface area contributed by atoms with Gasteiger partial charge in [-0.3, -0.25) is 9.59 Å². The highest BCUT2D eigenvalue weighted by Crippen LogP contribution is 2.24. The van der Waals surface area contributed by atoms with Crippen LogP contribution in [0, 0.1) is 19.8 Å². The van der Waals surface area contributed by atoms with Crippen LogP contribution in [0.5, 0.6) is 5.75 Å². The summed E-state index contributed by atoms with van der Waals surface area (Å²) < 4.78 is 5.69. The topological polar surface area (TPSA) is 49.9 Å². The van der Waals surface area contributed by atoms with Crippen LogP contribution < -0.4 is 4.74 Å². The summed E-state index contributed by atoms with van der Waals surface area (Å²) in [6.07, 6.45) is 3.76. The molecule has 0 aliphatic carbocycles. The van der Waals surface area contributed by atoms with Gasteiger partial charge >= 0.3 is 0 Å². The molecule has 2 aliphatic heterocycles. The lowest BCUT2D eigenvalue weighted by Gasteiger charge is -2.34. The Morgan fingerprint density at radius 2 is 1.81 bits per heavy atom. The lowest BCUT2D eigenvalue weighted by Crippen LogP contribution is -2.50. The predicted molar refractivity (Wildman–Crippen MR) is 101 cm³/mol. The smallest absolute Gasteiger partial charge is 0.261 e. The molecule has 0 N–H and O–H groups in total. The molecule has 3 rings (SSSR count). The third-order valence-electron chi connectivity index (χ3n) is 5.79. The van der Waals surface area contributed by atoms with Gasteiger partial charge in [-0.05, 0) is 68.7 Å². The van der Waals surface area contributed by atoms with Gasteiger partial charge < -0.3 is 14.5 Å². The summed E-state index contributed by atoms with van der Waals surface area (Å²) in [4.78, 5) is 29.2. The van der Waals surface area contributed by atoms with Crippen LogP contribution in [0.15, 0.2) is 18.2 Å². The van der Waals surface area contributed by atoms with Gasteiger partial charge in [0, 0.05) is 19.6 Å². The molecule has 2 aliphatic rings. The molecule has 1 atom stereocenters. The number of carbonyl (C=O) groups excluding carboxylic acids is 2. The van der Waals surface area contributed by atoms with Crippen molar-refractivity contribution in [1.29, 1.82) is 0 Å². The minimum absolute atomic E-state index is 0.0106. The van der Waals surface area contributed by atoms with Crippen molar-refractivity contribution in [1.82, 2.24) is 9.80 Å². The predicted octanol–water partition coefficient (Wildman–Crippen LogP) is 2.93. The van der Waals surface area contributed by atoms with Crippen molar-refractivity contribution in [2.75, 3.05) is 26.2 Å². The van der Waals surface area contributed by atoms with Crippen LogP contribution in [0.2, 0.25) is 0 Å². The molecule has 0 saturated carbocycles. The minimum atomic E-state index is -0.306. The second-order valence-corrected chi connectivity index (χ2v) is 7.79. The summed E-state index contributed by atoms with van der Waals surface area (Å²) in [7, 11) is 0. The fourth-order valence-electron chi connectivity index (χ4n) is 3.79. The molecule has 1 aromatic rings. The van der Waals surface area contributed by atoms with E-state index in [9.17, 15) is 9.59 Å². The zero-order valence-corrected chi connectivity index (χ0v) is 16.2. The van der Waals surface area contributed by atoms with Crippen LogP contribution in [0.1, 0.15) is 43.7 Å². The number of nitrogens with zero attached hydrogens (tertiary/aromatic N) is 2. The molecule has 0 spiro atoms. The van der Waals surface area contributed by atoms with E-state index in [0.717, 1.165) is 44.3 Å². The quantitative estimate of drug-likeness (QED) is 0.831. The molecule has 26 heavy (non-hydrogen) atoms. The first-order chi connectivity index (χ1) is 12.5. The standard InChI is InChI=1S/C21H30N2O3/c1-15-8-11-22(12-9-15)21(25)19-5-4-10-23(19)20(24)14-26-18-7-6-16(2)17(3)13-18/h6-7,13,15,19H,4-5,8-12,14H2,1-3H3/t19-/m0/s1. The Hall–Kier alpha value is -2.04. The van der Waals surface area contributed by atoms with Crippen molar-refractivity contribution < 1.29 is 14.3 Å². The molecule has 2 heterocycles. The Kier molecular flexibility index (Phi) is 5.84. The fourth-order valence-corrected chi connectivity index (χ4v) is 3.79. The fraction of sp³-hybridized carbons (Fsp3) is 0.619. The number of piperidine rings is 1. The van der Waals surface area contributed by atoms with Gasteiger partial charge in [0.05, 0.1) is 0 Å². The van der Waals surface area contributed by atoms with Crippen LogP contribution in [0.3, 0.4) is 0 Å². The summed E-state index contributed by atoms with van der Waals surface area (Å²) in [5, 5.41) is 0. The van der Waals surface area contributed by atoms with E-state index in [1.165, 1.54) is 5.56 Å². The zero-order chi connectivity index (χ0) is 18.7. The van der Waals surface area contributed by atoms with Crippen molar-refractivity contribution >= 4 is 11.8 Å². The number of ether oxygens (including phenoxy) is 1. The molecule has 142 valence electrons. The normalized spacial score (nSPS) is 21.1. The maximum Gasteiger partial charge on any atom is 0.261 e. The van der Waals surface area contributed by atoms with Gasteiger partial charge in [-0.25, -0.2) is 0 Å². The summed E-state index contributed by atoms with van der Waals surface area (Å²) in [6, 6.07) is 5.52. The van der Waals surface area contributed by atoms with E-state index in [1.54, 1.807) is 4.90 Å². The molecule has 2 fully saturated rings. The number of hydrogen-bond acceptors (Lipinski definition) is 3. The third-order valence-corrected chi connectivity index (χ3v) is 5.79. The number of likely N-dealkylation sites (tertiary alicyclic amines) is 2. The van der Waals surface area contributed by atoms with Crippen LogP contribution >= 0.6 is 0 Å². The van der Waals surface area contributed by atoms with E-state index in [-0.39, 0.29) is 24.5 Å². The van der Waals surface area contributed by atoms with E-state index in [1.807, 2.05) is 36.9 Å². The minimum Gasteiger partial charge on any atom is -0.484 e. The first-order valence-corrected chi connectivity index (χ1v) is 9.74. The van der Waals surface area contributed by atoms with Crippen LogP contribution in [-0.4, -0.2) is 53.9 Å². The highest BCUT2D eigenvalue weighted by molar-refractivity contribution is 5.88. The molecular weight excluding hydrogens is 328 g/mol. The largest absolute Gasteiger partial charge is 0.484 e. The van der Waals surface area contributed by atoms with Gasteiger partial charge in [-0.15, -0.1) is 0 Å². The maximum absolute atomic E-state index is 12.9. The molecule has 2 saturated heterocycles. The highest BCUT2D eigenvalue weighted by atomic mass is 16.5. The molecule has 5 heteroatoms. The first-order valence-electron chi connectivity index (χ1n) is 9.74. The molecule has 0 bridgehead atoms. The Bertz CT molecular complexity index is 665. The summed E-state index contributed by atoms with van der Waals surface area (Å²) in [5.74, 6) is 1.42. The van der Waals surface area contributed by atoms with Gasteiger partial charge in [-0.1, -0.05) is 13.0 Å². The first kappa shape index (κ1) is 18.7. The van der Waals surface area contributed by atoms with E-state index < -0.39 is 0 Å². The zero-order valence-electron chi connectivity index (χ0n) is 16.2. The average Bonchev–Trinajstić information content (AvgIpc) is 3.12. The van der Waals surface area contributed by atoms with Crippen molar-refractivity contribution in [2.24, 2.45) is 5.92 Å². The highest BCUT2D eigenvalue weighted by Gasteiger charge is 2.37. The van der Waals surface area contributed by atoms with E-state index in [4.69, 9.17) is 4.74 Å². The number of aryl methyl sites for hydroxylation is 2.